The van der Waals surface area contributed by atoms with E-state index in [0.29, 0.717) is 6.61 Å². The molecule has 0 aromatic rings. The molecule has 0 bridgehead atoms. The zero-order valence-electron chi connectivity index (χ0n) is 6.15. The first-order valence-corrected chi connectivity index (χ1v) is 5.02. The van der Waals surface area contributed by atoms with E-state index in [2.05, 4.69) is 15.9 Å². The summed E-state index contributed by atoms with van der Waals surface area (Å²) in [6.07, 6.45) is 4.82. The minimum absolute atomic E-state index is 0.337. The average Bonchev–Trinajstić information content (AvgIpc) is 2.73. The van der Waals surface area contributed by atoms with Crippen molar-refractivity contribution in [2.24, 2.45) is 5.92 Å². The van der Waals surface area contributed by atoms with Crippen molar-refractivity contribution < 1.29 is 5.11 Å². The topological polar surface area (TPSA) is 20.2 Å². The summed E-state index contributed by atoms with van der Waals surface area (Å²) < 4.78 is 0. The van der Waals surface area contributed by atoms with Gasteiger partial charge in [0.1, 0.15) is 0 Å². The van der Waals surface area contributed by atoms with E-state index in [4.69, 9.17) is 5.11 Å². The summed E-state index contributed by atoms with van der Waals surface area (Å²) in [5, 5.41) is 9.62. The molecule has 1 nitrogen and oxygen atoms in total. The van der Waals surface area contributed by atoms with E-state index in [1.807, 2.05) is 0 Å². The smallest absolute Gasteiger partial charge is 0.0431 e. The maximum atomic E-state index is 8.58. The first kappa shape index (κ1) is 8.54. The summed E-state index contributed by atoms with van der Waals surface area (Å²) in [6, 6.07) is 0. The van der Waals surface area contributed by atoms with Crippen molar-refractivity contribution in [3.8, 4) is 0 Å². The van der Waals surface area contributed by atoms with Crippen LogP contribution in [-0.4, -0.2) is 17.0 Å². The molecule has 0 aromatic heterocycles. The predicted octanol–water partition coefficient (Wildman–Crippen LogP) is 2.14. The van der Waals surface area contributed by atoms with Gasteiger partial charge in [0.25, 0.3) is 0 Å². The lowest BCUT2D eigenvalue weighted by Crippen LogP contribution is -2.02. The van der Waals surface area contributed by atoms with Crippen molar-refractivity contribution in [1.29, 1.82) is 0 Å². The highest BCUT2D eigenvalue weighted by atomic mass is 79.9. The quantitative estimate of drug-likeness (QED) is 0.683. The Kier molecular flexibility index (Phi) is 3.71. The van der Waals surface area contributed by atoms with Gasteiger partial charge in [0.05, 0.1) is 0 Å². The molecular weight excluding hydrogens is 192 g/mol. The zero-order chi connectivity index (χ0) is 7.40. The van der Waals surface area contributed by atoms with E-state index < -0.39 is 0 Å². The lowest BCUT2D eigenvalue weighted by atomic mass is 10.0. The van der Waals surface area contributed by atoms with Gasteiger partial charge in [-0.05, 0) is 37.5 Å². The molecular formula is C8H14BrO. The number of halogens is 1. The molecule has 0 atom stereocenters. The van der Waals surface area contributed by atoms with Gasteiger partial charge in [-0.25, -0.2) is 0 Å². The van der Waals surface area contributed by atoms with E-state index in [9.17, 15) is 0 Å². The Balaban J connectivity index is 2.07. The SMILES string of the molecule is OCCC[C](CBr)C1CC1. The minimum atomic E-state index is 0.337. The Hall–Kier alpha value is 0.440. The Morgan fingerprint density at radius 3 is 2.60 bits per heavy atom. The Morgan fingerprint density at radius 1 is 1.50 bits per heavy atom. The number of alkyl halides is 1. The monoisotopic (exact) mass is 205 g/mol. The molecule has 0 aromatic carbocycles. The van der Waals surface area contributed by atoms with Gasteiger partial charge in [0.2, 0.25) is 0 Å². The molecule has 0 heterocycles. The molecule has 2 heteroatoms. The van der Waals surface area contributed by atoms with Crippen molar-refractivity contribution in [3.63, 3.8) is 0 Å². The van der Waals surface area contributed by atoms with Crippen LogP contribution in [0.3, 0.4) is 0 Å². The molecule has 1 aliphatic rings. The van der Waals surface area contributed by atoms with Gasteiger partial charge < -0.3 is 5.11 Å². The minimum Gasteiger partial charge on any atom is -0.396 e. The molecule has 1 fully saturated rings. The molecule has 0 amide bonds. The van der Waals surface area contributed by atoms with Crippen molar-refractivity contribution in [1.82, 2.24) is 0 Å². The van der Waals surface area contributed by atoms with Crippen LogP contribution < -0.4 is 0 Å². The summed E-state index contributed by atoms with van der Waals surface area (Å²) in [5.41, 5.74) is 0. The molecule has 0 spiro atoms. The van der Waals surface area contributed by atoms with Gasteiger partial charge in [0, 0.05) is 11.9 Å². The average molecular weight is 206 g/mol. The summed E-state index contributed by atoms with van der Waals surface area (Å²) >= 11 is 3.47. The van der Waals surface area contributed by atoms with Crippen LogP contribution in [0.2, 0.25) is 0 Å². The van der Waals surface area contributed by atoms with E-state index in [0.717, 1.165) is 24.1 Å². The van der Waals surface area contributed by atoms with Crippen LogP contribution in [0, 0.1) is 11.8 Å². The first-order chi connectivity index (χ1) is 4.88. The van der Waals surface area contributed by atoms with Gasteiger partial charge >= 0.3 is 0 Å². The normalized spacial score (nSPS) is 18.3. The molecule has 10 heavy (non-hydrogen) atoms. The summed E-state index contributed by atoms with van der Waals surface area (Å²) in [6.45, 7) is 0.337. The second-order valence-corrected chi connectivity index (χ2v) is 3.45. The van der Waals surface area contributed by atoms with Crippen molar-refractivity contribution >= 4 is 15.9 Å². The zero-order valence-corrected chi connectivity index (χ0v) is 7.73. The number of aliphatic hydroxyl groups excluding tert-OH is 1. The highest BCUT2D eigenvalue weighted by Gasteiger charge is 2.29. The van der Waals surface area contributed by atoms with E-state index in [1.54, 1.807) is 5.92 Å². The number of rotatable bonds is 5. The van der Waals surface area contributed by atoms with Crippen LogP contribution in [0.25, 0.3) is 0 Å². The van der Waals surface area contributed by atoms with Crippen LogP contribution in [0.5, 0.6) is 0 Å². The van der Waals surface area contributed by atoms with Crippen LogP contribution in [-0.2, 0) is 0 Å². The molecule has 59 valence electrons. The summed E-state index contributed by atoms with van der Waals surface area (Å²) in [7, 11) is 0. The molecule has 0 unspecified atom stereocenters. The second-order valence-electron chi connectivity index (χ2n) is 2.89. The van der Waals surface area contributed by atoms with Crippen molar-refractivity contribution in [2.75, 3.05) is 11.9 Å². The number of hydrogen-bond acceptors (Lipinski definition) is 1. The van der Waals surface area contributed by atoms with Gasteiger partial charge in [-0.2, -0.15) is 0 Å². The fraction of sp³-hybridized carbons (Fsp3) is 0.875. The molecule has 1 radical (unpaired) electrons. The summed E-state index contributed by atoms with van der Waals surface area (Å²) in [4.78, 5) is 0. The maximum Gasteiger partial charge on any atom is 0.0431 e. The fourth-order valence-corrected chi connectivity index (χ4v) is 1.92. The lowest BCUT2D eigenvalue weighted by Gasteiger charge is -2.09. The van der Waals surface area contributed by atoms with E-state index in [1.165, 1.54) is 12.8 Å². The van der Waals surface area contributed by atoms with Gasteiger partial charge in [-0.15, -0.1) is 0 Å². The second kappa shape index (κ2) is 4.35. The van der Waals surface area contributed by atoms with Crippen LogP contribution in [0.4, 0.5) is 0 Å². The molecule has 1 aliphatic carbocycles. The third-order valence-corrected chi connectivity index (χ3v) is 2.70. The first-order valence-electron chi connectivity index (χ1n) is 3.90. The Labute approximate surface area is 70.9 Å². The Bertz CT molecular complexity index is 91.3. The molecule has 1 rings (SSSR count). The molecule has 0 aliphatic heterocycles. The van der Waals surface area contributed by atoms with Crippen LogP contribution in [0.1, 0.15) is 25.7 Å². The van der Waals surface area contributed by atoms with Crippen molar-refractivity contribution in [2.45, 2.75) is 25.7 Å². The highest BCUT2D eigenvalue weighted by molar-refractivity contribution is 9.09. The van der Waals surface area contributed by atoms with E-state index in [-0.39, 0.29) is 0 Å². The molecule has 1 saturated carbocycles. The lowest BCUT2D eigenvalue weighted by molar-refractivity contribution is 0.285. The third-order valence-electron chi connectivity index (χ3n) is 1.98. The number of hydrogen-bond donors (Lipinski definition) is 1. The molecule has 0 saturated heterocycles. The standard InChI is InChI=1S/C8H14BrO/c9-6-8(2-1-5-10)7-3-4-7/h7,10H,1-6H2. The van der Waals surface area contributed by atoms with Gasteiger partial charge in [-0.1, -0.05) is 15.9 Å². The van der Waals surface area contributed by atoms with Gasteiger partial charge in [0.15, 0.2) is 0 Å². The number of aliphatic hydroxyl groups is 1. The van der Waals surface area contributed by atoms with E-state index >= 15 is 0 Å². The summed E-state index contributed by atoms with van der Waals surface area (Å²) in [5.74, 6) is 2.50. The third kappa shape index (κ3) is 2.59. The van der Waals surface area contributed by atoms with Crippen LogP contribution >= 0.6 is 15.9 Å². The molecule has 1 N–H and O–H groups in total. The predicted molar refractivity (Wildman–Crippen MR) is 46.1 cm³/mol. The maximum absolute atomic E-state index is 8.58. The Morgan fingerprint density at radius 2 is 2.20 bits per heavy atom. The van der Waals surface area contributed by atoms with Crippen molar-refractivity contribution in [3.05, 3.63) is 5.92 Å². The van der Waals surface area contributed by atoms with Gasteiger partial charge in [-0.3, -0.25) is 0 Å². The van der Waals surface area contributed by atoms with Crippen LogP contribution in [0.15, 0.2) is 0 Å². The highest BCUT2D eigenvalue weighted by Crippen LogP contribution is 2.41. The fourth-order valence-electron chi connectivity index (χ4n) is 1.18. The largest absolute Gasteiger partial charge is 0.396 e.